The van der Waals surface area contributed by atoms with Crippen molar-refractivity contribution in [2.24, 2.45) is 5.92 Å². The van der Waals surface area contributed by atoms with E-state index < -0.39 is 0 Å². The summed E-state index contributed by atoms with van der Waals surface area (Å²) in [4.78, 5) is 12.0. The summed E-state index contributed by atoms with van der Waals surface area (Å²) in [6.45, 7) is 4.46. The molecule has 3 aromatic carbocycles. The first-order valence-corrected chi connectivity index (χ1v) is 13.0. The van der Waals surface area contributed by atoms with Crippen molar-refractivity contribution in [3.63, 3.8) is 0 Å². The molecule has 1 aliphatic carbocycles. The van der Waals surface area contributed by atoms with Crippen LogP contribution in [0.25, 0.3) is 33.6 Å². The van der Waals surface area contributed by atoms with Crippen molar-refractivity contribution in [2.45, 2.75) is 39.3 Å². The Morgan fingerprint density at radius 2 is 1.55 bits per heavy atom. The fourth-order valence-electron chi connectivity index (χ4n) is 4.61. The monoisotopic (exact) mass is 503 g/mol. The maximum atomic E-state index is 12.0. The highest BCUT2D eigenvalue weighted by molar-refractivity contribution is 5.75. The van der Waals surface area contributed by atoms with Crippen LogP contribution in [0.1, 0.15) is 42.7 Å². The lowest BCUT2D eigenvalue weighted by Crippen LogP contribution is -2.10. The van der Waals surface area contributed by atoms with Crippen LogP contribution >= 0.6 is 0 Å². The molecular formula is C32H29N3O3. The van der Waals surface area contributed by atoms with Crippen molar-refractivity contribution in [1.29, 1.82) is 0 Å². The Labute approximate surface area is 221 Å². The van der Waals surface area contributed by atoms with Crippen LogP contribution in [0, 0.1) is 12.8 Å². The Morgan fingerprint density at radius 1 is 0.921 bits per heavy atom. The zero-order chi connectivity index (χ0) is 26.1. The summed E-state index contributed by atoms with van der Waals surface area (Å²) in [7, 11) is 0. The first kappa shape index (κ1) is 23.9. The number of carbonyl (C=O) groups excluding carboxylic acids is 1. The molecule has 6 heteroatoms. The highest BCUT2D eigenvalue weighted by atomic mass is 16.5. The average molecular weight is 504 g/mol. The van der Waals surface area contributed by atoms with Crippen LogP contribution in [0.15, 0.2) is 95.8 Å². The van der Waals surface area contributed by atoms with Gasteiger partial charge in [-0.15, -0.1) is 0 Å². The zero-order valence-electron chi connectivity index (χ0n) is 21.5. The maximum Gasteiger partial charge on any atom is 0.309 e. The van der Waals surface area contributed by atoms with Gasteiger partial charge in [-0.05, 0) is 48.9 Å². The fraction of sp³-hybridized carbons (Fsp3) is 0.219. The minimum Gasteiger partial charge on any atom is -0.458 e. The van der Waals surface area contributed by atoms with E-state index in [-0.39, 0.29) is 18.0 Å². The summed E-state index contributed by atoms with van der Waals surface area (Å²) >= 11 is 0. The van der Waals surface area contributed by atoms with Gasteiger partial charge in [-0.2, -0.15) is 5.10 Å². The SMILES string of the molecule is Cc1noc(-c2ccc(-c3ccc(C(C)OC(=O)C4CC4)cc3)cc2)c1Cn1cc(-c2ccccc2)cn1. The Balaban J connectivity index is 1.17. The molecule has 190 valence electrons. The normalized spacial score (nSPS) is 13.8. The average Bonchev–Trinajstić information content (AvgIpc) is 3.61. The third kappa shape index (κ3) is 5.02. The lowest BCUT2D eigenvalue weighted by Gasteiger charge is -2.14. The molecule has 6 nitrogen and oxygen atoms in total. The molecule has 1 aliphatic rings. The molecule has 1 saturated carbocycles. The molecule has 0 spiro atoms. The van der Waals surface area contributed by atoms with Crippen molar-refractivity contribution < 1.29 is 14.1 Å². The summed E-state index contributed by atoms with van der Waals surface area (Å²) in [6.07, 6.45) is 5.59. The van der Waals surface area contributed by atoms with Gasteiger partial charge in [0.1, 0.15) is 6.10 Å². The fourth-order valence-corrected chi connectivity index (χ4v) is 4.61. The van der Waals surface area contributed by atoms with E-state index in [4.69, 9.17) is 9.26 Å². The topological polar surface area (TPSA) is 70.2 Å². The third-order valence-corrected chi connectivity index (χ3v) is 7.11. The van der Waals surface area contributed by atoms with Gasteiger partial charge < -0.3 is 9.26 Å². The highest BCUT2D eigenvalue weighted by Crippen LogP contribution is 2.33. The molecule has 1 atom stereocenters. The first-order valence-electron chi connectivity index (χ1n) is 13.0. The third-order valence-electron chi connectivity index (χ3n) is 7.11. The van der Waals surface area contributed by atoms with E-state index in [2.05, 4.69) is 58.8 Å². The quantitative estimate of drug-likeness (QED) is 0.209. The second-order valence-electron chi connectivity index (χ2n) is 9.92. The molecule has 0 amide bonds. The standard InChI is InChI=1S/C32H29N3O3/c1-21-30(20-35-19-29(18-33-35)24-6-4-3-5-7-24)31(38-34-21)27-14-12-26(13-15-27)25-10-8-23(9-11-25)22(2)37-32(36)28-16-17-28/h3-15,18-19,22,28H,16-17,20H2,1-2H3. The number of nitrogens with zero attached hydrogens (tertiary/aromatic N) is 3. The van der Waals surface area contributed by atoms with E-state index >= 15 is 0 Å². The molecule has 5 aromatic rings. The maximum absolute atomic E-state index is 12.0. The van der Waals surface area contributed by atoms with Crippen molar-refractivity contribution in [1.82, 2.24) is 14.9 Å². The van der Waals surface area contributed by atoms with Crippen LogP contribution in [0.2, 0.25) is 0 Å². The second kappa shape index (κ2) is 10.1. The Hall–Kier alpha value is -4.45. The molecule has 0 N–H and O–H groups in total. The van der Waals surface area contributed by atoms with Crippen molar-refractivity contribution in [3.8, 4) is 33.6 Å². The van der Waals surface area contributed by atoms with Crippen LogP contribution < -0.4 is 0 Å². The lowest BCUT2D eigenvalue weighted by atomic mass is 9.99. The highest BCUT2D eigenvalue weighted by Gasteiger charge is 2.32. The predicted molar refractivity (Wildman–Crippen MR) is 146 cm³/mol. The Bertz CT molecular complexity index is 1550. The van der Waals surface area contributed by atoms with Gasteiger partial charge in [-0.25, -0.2) is 0 Å². The van der Waals surface area contributed by atoms with E-state index in [1.807, 2.05) is 61.3 Å². The van der Waals surface area contributed by atoms with E-state index in [0.717, 1.165) is 63.2 Å². The van der Waals surface area contributed by atoms with Crippen molar-refractivity contribution in [3.05, 3.63) is 108 Å². The number of benzene rings is 3. The van der Waals surface area contributed by atoms with Gasteiger partial charge in [0.2, 0.25) is 0 Å². The van der Waals surface area contributed by atoms with E-state index in [9.17, 15) is 4.79 Å². The van der Waals surface area contributed by atoms with Crippen LogP contribution in [-0.4, -0.2) is 20.9 Å². The molecular weight excluding hydrogens is 474 g/mol. The molecule has 0 saturated heterocycles. The lowest BCUT2D eigenvalue weighted by molar-refractivity contribution is -0.150. The summed E-state index contributed by atoms with van der Waals surface area (Å²) in [5, 5.41) is 8.81. The number of rotatable bonds is 8. The van der Waals surface area contributed by atoms with Crippen LogP contribution in [-0.2, 0) is 16.1 Å². The first-order chi connectivity index (χ1) is 18.5. The molecule has 0 radical (unpaired) electrons. The summed E-state index contributed by atoms with van der Waals surface area (Å²) in [5.41, 5.74) is 8.24. The number of carbonyl (C=O) groups is 1. The molecule has 2 heterocycles. The molecule has 1 unspecified atom stereocenters. The number of ether oxygens (including phenoxy) is 1. The van der Waals surface area contributed by atoms with Gasteiger partial charge in [0.25, 0.3) is 0 Å². The van der Waals surface area contributed by atoms with Crippen LogP contribution in [0.3, 0.4) is 0 Å². The molecule has 1 fully saturated rings. The molecule has 2 aromatic heterocycles. The van der Waals surface area contributed by atoms with Crippen molar-refractivity contribution in [2.75, 3.05) is 0 Å². The molecule has 0 aliphatic heterocycles. The number of hydrogen-bond donors (Lipinski definition) is 0. The van der Waals surface area contributed by atoms with Gasteiger partial charge >= 0.3 is 5.97 Å². The van der Waals surface area contributed by atoms with Gasteiger partial charge in [0.05, 0.1) is 24.4 Å². The minimum absolute atomic E-state index is 0.0802. The summed E-state index contributed by atoms with van der Waals surface area (Å²) in [5.74, 6) is 0.783. The Kier molecular flexibility index (Phi) is 6.38. The van der Waals surface area contributed by atoms with Gasteiger partial charge in [0, 0.05) is 22.9 Å². The summed E-state index contributed by atoms with van der Waals surface area (Å²) in [6, 6.07) is 26.7. The van der Waals surface area contributed by atoms with Gasteiger partial charge in [-0.3, -0.25) is 9.48 Å². The molecule has 6 rings (SSSR count). The zero-order valence-corrected chi connectivity index (χ0v) is 21.5. The van der Waals surface area contributed by atoms with Crippen molar-refractivity contribution >= 4 is 5.97 Å². The second-order valence-corrected chi connectivity index (χ2v) is 9.92. The Morgan fingerprint density at radius 3 is 2.24 bits per heavy atom. The number of hydrogen-bond acceptors (Lipinski definition) is 5. The number of esters is 1. The van der Waals surface area contributed by atoms with Crippen LogP contribution in [0.4, 0.5) is 0 Å². The van der Waals surface area contributed by atoms with E-state index in [0.29, 0.717) is 6.54 Å². The smallest absolute Gasteiger partial charge is 0.309 e. The van der Waals surface area contributed by atoms with E-state index in [1.54, 1.807) is 0 Å². The number of aryl methyl sites for hydroxylation is 1. The van der Waals surface area contributed by atoms with Crippen LogP contribution in [0.5, 0.6) is 0 Å². The van der Waals surface area contributed by atoms with Gasteiger partial charge in [-0.1, -0.05) is 84.0 Å². The summed E-state index contributed by atoms with van der Waals surface area (Å²) < 4.78 is 13.3. The van der Waals surface area contributed by atoms with Gasteiger partial charge in [0.15, 0.2) is 5.76 Å². The van der Waals surface area contributed by atoms with E-state index in [1.165, 1.54) is 0 Å². The minimum atomic E-state index is -0.244. The predicted octanol–water partition coefficient (Wildman–Crippen LogP) is 7.24. The largest absolute Gasteiger partial charge is 0.458 e. The number of aromatic nitrogens is 3. The molecule has 0 bridgehead atoms. The molecule has 38 heavy (non-hydrogen) atoms.